The molecule has 1 aromatic rings. The summed E-state index contributed by atoms with van der Waals surface area (Å²) in [6.45, 7) is 10.1. The molecule has 1 amide bonds. The number of hydrogen-bond acceptors (Lipinski definition) is 5. The smallest absolute Gasteiger partial charge is 0.234 e. The van der Waals surface area contributed by atoms with Crippen LogP contribution in [-0.4, -0.2) is 78.2 Å². The van der Waals surface area contributed by atoms with E-state index in [0.717, 1.165) is 64.3 Å². The molecule has 2 fully saturated rings. The molecule has 2 saturated heterocycles. The lowest BCUT2D eigenvalue weighted by Crippen LogP contribution is -2.59. The van der Waals surface area contributed by atoms with Crippen LogP contribution < -0.4 is 5.32 Å². The fourth-order valence-corrected chi connectivity index (χ4v) is 3.96. The van der Waals surface area contributed by atoms with Crippen molar-refractivity contribution >= 4 is 5.91 Å². The zero-order chi connectivity index (χ0) is 18.4. The number of pyridine rings is 1. The molecule has 2 aliphatic heterocycles. The molecule has 1 N–H and O–H groups in total. The van der Waals surface area contributed by atoms with Crippen LogP contribution in [0.1, 0.15) is 32.4 Å². The van der Waals surface area contributed by atoms with E-state index >= 15 is 0 Å². The molecule has 0 aromatic carbocycles. The molecule has 0 spiro atoms. The van der Waals surface area contributed by atoms with Crippen LogP contribution in [0.5, 0.6) is 0 Å². The number of likely N-dealkylation sites (tertiary alicyclic amines) is 1. The maximum absolute atomic E-state index is 12.8. The molecule has 0 aliphatic carbocycles. The van der Waals surface area contributed by atoms with E-state index in [2.05, 4.69) is 40.0 Å². The average Bonchev–Trinajstić information content (AvgIpc) is 2.63. The Labute approximate surface area is 156 Å². The van der Waals surface area contributed by atoms with Crippen LogP contribution in [0.2, 0.25) is 0 Å². The fraction of sp³-hybridized carbons (Fsp3) is 0.700. The van der Waals surface area contributed by atoms with Crippen LogP contribution in [-0.2, 0) is 16.0 Å². The Hall–Kier alpha value is -1.50. The lowest BCUT2D eigenvalue weighted by Gasteiger charge is -2.44. The zero-order valence-corrected chi connectivity index (χ0v) is 16.1. The van der Waals surface area contributed by atoms with Gasteiger partial charge in [-0.25, -0.2) is 0 Å². The Kier molecular flexibility index (Phi) is 6.62. The summed E-state index contributed by atoms with van der Waals surface area (Å²) >= 11 is 0. The second kappa shape index (κ2) is 8.93. The van der Waals surface area contributed by atoms with E-state index in [-0.39, 0.29) is 11.4 Å². The summed E-state index contributed by atoms with van der Waals surface area (Å²) in [5.41, 5.74) is 0.862. The first-order chi connectivity index (χ1) is 12.6. The Morgan fingerprint density at radius 3 is 2.58 bits per heavy atom. The number of morpholine rings is 1. The topological polar surface area (TPSA) is 57.7 Å². The van der Waals surface area contributed by atoms with Gasteiger partial charge in [-0.2, -0.15) is 0 Å². The van der Waals surface area contributed by atoms with Gasteiger partial charge in [0.1, 0.15) is 0 Å². The Morgan fingerprint density at radius 1 is 1.23 bits per heavy atom. The normalized spacial score (nSPS) is 21.7. The minimum absolute atomic E-state index is 0.126. The predicted molar refractivity (Wildman–Crippen MR) is 102 cm³/mol. The van der Waals surface area contributed by atoms with E-state index in [1.165, 1.54) is 0 Å². The number of carbonyl (C=O) groups is 1. The maximum atomic E-state index is 12.8. The van der Waals surface area contributed by atoms with Crippen molar-refractivity contribution in [2.24, 2.45) is 0 Å². The quantitative estimate of drug-likeness (QED) is 0.829. The van der Waals surface area contributed by atoms with Crippen molar-refractivity contribution in [2.45, 2.75) is 44.7 Å². The van der Waals surface area contributed by atoms with Gasteiger partial charge in [0, 0.05) is 56.1 Å². The Morgan fingerprint density at radius 2 is 1.96 bits per heavy atom. The number of rotatable bonds is 6. The third-order valence-corrected chi connectivity index (χ3v) is 5.61. The average molecular weight is 361 g/mol. The van der Waals surface area contributed by atoms with E-state index in [1.807, 2.05) is 18.3 Å². The number of ether oxygens (including phenoxy) is 1. The SMILES string of the molecule is CC(C)N1CCC(Cc2ccccn2)(NC(=O)CN2CCOCC2)CC1. The van der Waals surface area contributed by atoms with Crippen LogP contribution in [0.15, 0.2) is 24.4 Å². The summed E-state index contributed by atoms with van der Waals surface area (Å²) in [5, 5.41) is 3.40. The van der Waals surface area contributed by atoms with Crippen LogP contribution in [0, 0.1) is 0 Å². The summed E-state index contributed by atoms with van der Waals surface area (Å²) in [5.74, 6) is 0.126. The summed E-state index contributed by atoms with van der Waals surface area (Å²) in [6.07, 6.45) is 4.57. The van der Waals surface area contributed by atoms with Gasteiger partial charge in [0.15, 0.2) is 0 Å². The van der Waals surface area contributed by atoms with Gasteiger partial charge >= 0.3 is 0 Å². The van der Waals surface area contributed by atoms with Gasteiger partial charge in [-0.05, 0) is 38.8 Å². The maximum Gasteiger partial charge on any atom is 0.234 e. The fourth-order valence-electron chi connectivity index (χ4n) is 3.96. The molecule has 0 saturated carbocycles. The van der Waals surface area contributed by atoms with Gasteiger partial charge < -0.3 is 15.0 Å². The largest absolute Gasteiger partial charge is 0.379 e. The molecule has 1 aromatic heterocycles. The lowest BCUT2D eigenvalue weighted by molar-refractivity contribution is -0.125. The van der Waals surface area contributed by atoms with E-state index < -0.39 is 0 Å². The van der Waals surface area contributed by atoms with Crippen molar-refractivity contribution in [1.82, 2.24) is 20.1 Å². The Balaban J connectivity index is 1.65. The van der Waals surface area contributed by atoms with Gasteiger partial charge in [0.05, 0.1) is 19.8 Å². The molecule has 0 bridgehead atoms. The van der Waals surface area contributed by atoms with Crippen molar-refractivity contribution in [3.63, 3.8) is 0 Å². The van der Waals surface area contributed by atoms with Crippen molar-refractivity contribution in [2.75, 3.05) is 45.9 Å². The second-order valence-corrected chi connectivity index (χ2v) is 7.84. The zero-order valence-electron chi connectivity index (χ0n) is 16.1. The first-order valence-corrected chi connectivity index (χ1v) is 9.81. The summed E-state index contributed by atoms with van der Waals surface area (Å²) in [7, 11) is 0. The summed E-state index contributed by atoms with van der Waals surface area (Å²) in [6, 6.07) is 6.57. The molecule has 0 radical (unpaired) electrons. The molecular weight excluding hydrogens is 328 g/mol. The first kappa shape index (κ1) is 19.3. The van der Waals surface area contributed by atoms with Gasteiger partial charge in [0.2, 0.25) is 5.91 Å². The minimum Gasteiger partial charge on any atom is -0.379 e. The summed E-state index contributed by atoms with van der Waals surface area (Å²) in [4.78, 5) is 21.9. The van der Waals surface area contributed by atoms with E-state index in [4.69, 9.17) is 4.74 Å². The first-order valence-electron chi connectivity index (χ1n) is 9.81. The highest BCUT2D eigenvalue weighted by Crippen LogP contribution is 2.27. The number of hydrogen-bond donors (Lipinski definition) is 1. The van der Waals surface area contributed by atoms with E-state index in [0.29, 0.717) is 12.6 Å². The minimum atomic E-state index is -0.191. The third-order valence-electron chi connectivity index (χ3n) is 5.61. The van der Waals surface area contributed by atoms with Crippen molar-refractivity contribution in [3.05, 3.63) is 30.1 Å². The van der Waals surface area contributed by atoms with Crippen molar-refractivity contribution in [3.8, 4) is 0 Å². The third kappa shape index (κ3) is 5.25. The van der Waals surface area contributed by atoms with Crippen LogP contribution in [0.25, 0.3) is 0 Å². The number of nitrogens with one attached hydrogen (secondary N) is 1. The van der Waals surface area contributed by atoms with E-state index in [1.54, 1.807) is 0 Å². The van der Waals surface area contributed by atoms with Gasteiger partial charge in [0.25, 0.3) is 0 Å². The molecule has 0 atom stereocenters. The Bertz CT molecular complexity index is 564. The van der Waals surface area contributed by atoms with Crippen LogP contribution in [0.3, 0.4) is 0 Å². The standard InChI is InChI=1S/C20H32N4O2/c1-17(2)24-9-6-20(7-10-24,15-18-5-3-4-8-21-18)22-19(25)16-23-11-13-26-14-12-23/h3-5,8,17H,6-7,9-16H2,1-2H3,(H,22,25). The molecule has 0 unspecified atom stereocenters. The number of piperidine rings is 1. The number of nitrogens with zero attached hydrogens (tertiary/aromatic N) is 3. The highest BCUT2D eigenvalue weighted by atomic mass is 16.5. The molecule has 6 heteroatoms. The van der Waals surface area contributed by atoms with Crippen molar-refractivity contribution in [1.29, 1.82) is 0 Å². The number of amides is 1. The predicted octanol–water partition coefficient (Wildman–Crippen LogP) is 1.32. The lowest BCUT2D eigenvalue weighted by atomic mass is 9.82. The molecule has 26 heavy (non-hydrogen) atoms. The molecule has 6 nitrogen and oxygen atoms in total. The van der Waals surface area contributed by atoms with E-state index in [9.17, 15) is 4.79 Å². The monoisotopic (exact) mass is 360 g/mol. The molecule has 3 rings (SSSR count). The highest BCUT2D eigenvalue weighted by molar-refractivity contribution is 5.79. The highest BCUT2D eigenvalue weighted by Gasteiger charge is 2.37. The molecule has 2 aliphatic rings. The van der Waals surface area contributed by atoms with Crippen LogP contribution in [0.4, 0.5) is 0 Å². The molecular formula is C20H32N4O2. The van der Waals surface area contributed by atoms with Crippen molar-refractivity contribution < 1.29 is 9.53 Å². The van der Waals surface area contributed by atoms with Crippen LogP contribution >= 0.6 is 0 Å². The second-order valence-electron chi connectivity index (χ2n) is 7.84. The number of carbonyl (C=O) groups excluding carboxylic acids is 1. The molecule has 144 valence electrons. The van der Waals surface area contributed by atoms with Gasteiger partial charge in [-0.1, -0.05) is 6.07 Å². The summed E-state index contributed by atoms with van der Waals surface area (Å²) < 4.78 is 5.38. The molecule has 3 heterocycles. The number of aromatic nitrogens is 1. The van der Waals surface area contributed by atoms with Gasteiger partial charge in [-0.15, -0.1) is 0 Å². The van der Waals surface area contributed by atoms with Gasteiger partial charge in [-0.3, -0.25) is 14.7 Å².